The summed E-state index contributed by atoms with van der Waals surface area (Å²) in [5.41, 5.74) is 2.11. The summed E-state index contributed by atoms with van der Waals surface area (Å²) in [4.78, 5) is 0. The molecule has 0 spiro atoms. The summed E-state index contributed by atoms with van der Waals surface area (Å²) in [5, 5.41) is 3.14. The van der Waals surface area contributed by atoms with Gasteiger partial charge in [-0.1, -0.05) is 0 Å². The van der Waals surface area contributed by atoms with Crippen LogP contribution in [0.15, 0.2) is 34.9 Å². The van der Waals surface area contributed by atoms with E-state index in [2.05, 4.69) is 5.32 Å². The number of furan rings is 1. The normalized spacial score (nSPS) is 10.4. The van der Waals surface area contributed by atoms with Crippen LogP contribution in [0.1, 0.15) is 5.56 Å². The van der Waals surface area contributed by atoms with Crippen molar-refractivity contribution < 1.29 is 13.9 Å². The molecule has 0 amide bonds. The molecule has 4 nitrogen and oxygen atoms in total. The van der Waals surface area contributed by atoms with E-state index in [1.807, 2.05) is 31.3 Å². The van der Waals surface area contributed by atoms with Crippen molar-refractivity contribution in [2.24, 2.45) is 0 Å². The molecule has 1 aromatic heterocycles. The Morgan fingerprint density at radius 1 is 1.17 bits per heavy atom. The zero-order chi connectivity index (χ0) is 13.0. The van der Waals surface area contributed by atoms with Crippen LogP contribution in [-0.2, 0) is 6.54 Å². The summed E-state index contributed by atoms with van der Waals surface area (Å²) in [6.07, 6.45) is 1.66. The largest absolute Gasteiger partial charge is 0.493 e. The van der Waals surface area contributed by atoms with E-state index in [1.165, 1.54) is 0 Å². The fourth-order valence-electron chi connectivity index (χ4n) is 1.92. The Labute approximate surface area is 107 Å². The van der Waals surface area contributed by atoms with Crippen LogP contribution >= 0.6 is 0 Å². The lowest BCUT2D eigenvalue weighted by Crippen LogP contribution is -2.07. The van der Waals surface area contributed by atoms with Crippen LogP contribution in [0.5, 0.6) is 11.5 Å². The van der Waals surface area contributed by atoms with Gasteiger partial charge < -0.3 is 19.2 Å². The van der Waals surface area contributed by atoms with E-state index >= 15 is 0 Å². The Hall–Kier alpha value is -1.94. The number of hydrogen-bond acceptors (Lipinski definition) is 4. The number of ether oxygens (including phenoxy) is 2. The van der Waals surface area contributed by atoms with Crippen molar-refractivity contribution in [2.75, 3.05) is 21.3 Å². The first kappa shape index (κ1) is 12.5. The van der Waals surface area contributed by atoms with Crippen LogP contribution < -0.4 is 14.8 Å². The average Bonchev–Trinajstić information content (AvgIpc) is 2.92. The van der Waals surface area contributed by atoms with Gasteiger partial charge >= 0.3 is 0 Å². The lowest BCUT2D eigenvalue weighted by Gasteiger charge is -2.13. The second-order valence-electron chi connectivity index (χ2n) is 3.87. The minimum absolute atomic E-state index is 0.698. The number of methoxy groups -OCH3 is 2. The van der Waals surface area contributed by atoms with Crippen molar-refractivity contribution in [2.45, 2.75) is 6.54 Å². The molecule has 96 valence electrons. The number of hydrogen-bond donors (Lipinski definition) is 1. The van der Waals surface area contributed by atoms with Gasteiger partial charge in [-0.3, -0.25) is 0 Å². The summed E-state index contributed by atoms with van der Waals surface area (Å²) in [6.45, 7) is 0.733. The minimum Gasteiger partial charge on any atom is -0.493 e. The van der Waals surface area contributed by atoms with Gasteiger partial charge in [0.15, 0.2) is 11.5 Å². The van der Waals surface area contributed by atoms with Crippen molar-refractivity contribution >= 4 is 0 Å². The predicted octanol–water partition coefficient (Wildman–Crippen LogP) is 2.68. The maximum Gasteiger partial charge on any atom is 0.161 e. The molecule has 18 heavy (non-hydrogen) atoms. The fraction of sp³-hybridized carbons (Fsp3) is 0.286. The Bertz CT molecular complexity index is 506. The molecule has 0 saturated carbocycles. The third-order valence-electron chi connectivity index (χ3n) is 2.76. The van der Waals surface area contributed by atoms with Crippen molar-refractivity contribution in [1.82, 2.24) is 5.32 Å². The molecule has 0 fully saturated rings. The predicted molar refractivity (Wildman–Crippen MR) is 70.0 cm³/mol. The maximum atomic E-state index is 5.46. The van der Waals surface area contributed by atoms with Crippen LogP contribution in [0.2, 0.25) is 0 Å². The van der Waals surface area contributed by atoms with Crippen LogP contribution in [-0.4, -0.2) is 21.3 Å². The monoisotopic (exact) mass is 247 g/mol. The summed E-state index contributed by atoms with van der Waals surface area (Å²) >= 11 is 0. The van der Waals surface area contributed by atoms with E-state index in [-0.39, 0.29) is 0 Å². The molecule has 4 heteroatoms. The van der Waals surface area contributed by atoms with Crippen LogP contribution in [0.4, 0.5) is 0 Å². The molecule has 1 heterocycles. The van der Waals surface area contributed by atoms with Crippen molar-refractivity contribution in [3.05, 3.63) is 36.1 Å². The van der Waals surface area contributed by atoms with Gasteiger partial charge in [0.05, 0.1) is 20.5 Å². The summed E-state index contributed by atoms with van der Waals surface area (Å²) in [7, 11) is 5.16. The Kier molecular flexibility index (Phi) is 3.89. The molecule has 0 aliphatic rings. The average molecular weight is 247 g/mol. The number of rotatable bonds is 5. The van der Waals surface area contributed by atoms with Gasteiger partial charge in [0.25, 0.3) is 0 Å². The third-order valence-corrected chi connectivity index (χ3v) is 2.76. The zero-order valence-corrected chi connectivity index (χ0v) is 10.8. The van der Waals surface area contributed by atoms with E-state index in [0.717, 1.165) is 29.2 Å². The molecule has 0 radical (unpaired) electrons. The number of benzene rings is 1. The van der Waals surface area contributed by atoms with Gasteiger partial charge in [-0.05, 0) is 36.9 Å². The molecule has 1 aromatic carbocycles. The van der Waals surface area contributed by atoms with Gasteiger partial charge in [-0.25, -0.2) is 0 Å². The highest BCUT2D eigenvalue weighted by Crippen LogP contribution is 2.35. The highest BCUT2D eigenvalue weighted by Gasteiger charge is 2.13. The quantitative estimate of drug-likeness (QED) is 0.882. The zero-order valence-electron chi connectivity index (χ0n) is 10.8. The van der Waals surface area contributed by atoms with Crippen LogP contribution in [0.3, 0.4) is 0 Å². The van der Waals surface area contributed by atoms with Crippen molar-refractivity contribution in [3.8, 4) is 22.8 Å². The fourth-order valence-corrected chi connectivity index (χ4v) is 1.92. The summed E-state index contributed by atoms with van der Waals surface area (Å²) in [6, 6.07) is 7.70. The molecule has 0 aliphatic heterocycles. The van der Waals surface area contributed by atoms with Gasteiger partial charge in [0.2, 0.25) is 0 Å². The highest BCUT2D eigenvalue weighted by atomic mass is 16.5. The minimum atomic E-state index is 0.698. The van der Waals surface area contributed by atoms with E-state index in [9.17, 15) is 0 Å². The van der Waals surface area contributed by atoms with E-state index in [4.69, 9.17) is 13.9 Å². The van der Waals surface area contributed by atoms with Gasteiger partial charge in [0.1, 0.15) is 5.76 Å². The molecular formula is C14H17NO3. The first-order valence-electron chi connectivity index (χ1n) is 5.73. The standard InChI is InChI=1S/C14H17NO3/c1-15-9-10-7-13(16-2)14(17-3)8-11(10)12-5-4-6-18-12/h4-8,15H,9H2,1-3H3. The second kappa shape index (κ2) is 5.60. The smallest absolute Gasteiger partial charge is 0.161 e. The lowest BCUT2D eigenvalue weighted by molar-refractivity contribution is 0.354. The molecule has 0 aliphatic carbocycles. The van der Waals surface area contributed by atoms with E-state index < -0.39 is 0 Å². The second-order valence-corrected chi connectivity index (χ2v) is 3.87. The van der Waals surface area contributed by atoms with Crippen molar-refractivity contribution in [1.29, 1.82) is 0 Å². The molecule has 2 aromatic rings. The first-order chi connectivity index (χ1) is 8.80. The van der Waals surface area contributed by atoms with Gasteiger partial charge in [-0.15, -0.1) is 0 Å². The Balaban J connectivity index is 2.55. The summed E-state index contributed by atoms with van der Waals surface area (Å²) in [5.74, 6) is 2.24. The molecule has 2 rings (SSSR count). The van der Waals surface area contributed by atoms with Gasteiger partial charge in [0, 0.05) is 12.1 Å². The van der Waals surface area contributed by atoms with Crippen molar-refractivity contribution in [3.63, 3.8) is 0 Å². The molecule has 0 unspecified atom stereocenters. The van der Waals surface area contributed by atoms with Crippen LogP contribution in [0.25, 0.3) is 11.3 Å². The Morgan fingerprint density at radius 3 is 2.44 bits per heavy atom. The topological polar surface area (TPSA) is 43.6 Å². The molecular weight excluding hydrogens is 230 g/mol. The van der Waals surface area contributed by atoms with Gasteiger partial charge in [-0.2, -0.15) is 0 Å². The third kappa shape index (κ3) is 2.33. The number of nitrogens with one attached hydrogen (secondary N) is 1. The Morgan fingerprint density at radius 2 is 1.89 bits per heavy atom. The molecule has 0 saturated heterocycles. The molecule has 0 atom stereocenters. The first-order valence-corrected chi connectivity index (χ1v) is 5.73. The molecule has 0 bridgehead atoms. The lowest BCUT2D eigenvalue weighted by atomic mass is 10.0. The highest BCUT2D eigenvalue weighted by molar-refractivity contribution is 5.67. The van der Waals surface area contributed by atoms with Crippen LogP contribution in [0, 0.1) is 0 Å². The molecule has 1 N–H and O–H groups in total. The summed E-state index contributed by atoms with van der Waals surface area (Å²) < 4.78 is 16.1. The van der Waals surface area contributed by atoms with E-state index in [1.54, 1.807) is 20.5 Å². The maximum absolute atomic E-state index is 5.46. The SMILES string of the molecule is CNCc1cc(OC)c(OC)cc1-c1ccco1. The van der Waals surface area contributed by atoms with E-state index in [0.29, 0.717) is 5.75 Å².